The molecule has 0 aromatic carbocycles. The van der Waals surface area contributed by atoms with Crippen LogP contribution < -0.4 is 5.32 Å². The van der Waals surface area contributed by atoms with Crippen LogP contribution >= 0.6 is 0 Å². The molecular formula is C11H25NO. The molecule has 0 bridgehead atoms. The van der Waals surface area contributed by atoms with Gasteiger partial charge in [0.25, 0.3) is 0 Å². The monoisotopic (exact) mass is 187 g/mol. The molecule has 2 nitrogen and oxygen atoms in total. The van der Waals surface area contributed by atoms with Crippen molar-refractivity contribution in [2.45, 2.75) is 40.7 Å². The van der Waals surface area contributed by atoms with E-state index in [0.29, 0.717) is 12.0 Å². The zero-order chi connectivity index (χ0) is 10.3. The van der Waals surface area contributed by atoms with E-state index in [9.17, 15) is 0 Å². The van der Waals surface area contributed by atoms with E-state index in [1.165, 1.54) is 0 Å². The Hall–Kier alpha value is -0.0800. The minimum absolute atomic E-state index is 0.376. The first kappa shape index (κ1) is 12.9. The molecule has 0 fully saturated rings. The first-order valence-corrected chi connectivity index (χ1v) is 5.36. The lowest BCUT2D eigenvalue weighted by Crippen LogP contribution is -2.26. The van der Waals surface area contributed by atoms with Crippen molar-refractivity contribution < 1.29 is 4.74 Å². The Labute approximate surface area is 83.1 Å². The molecule has 1 unspecified atom stereocenters. The second kappa shape index (κ2) is 7.34. The molecule has 0 aliphatic heterocycles. The molecule has 0 rings (SSSR count). The Morgan fingerprint density at radius 3 is 2.15 bits per heavy atom. The van der Waals surface area contributed by atoms with Gasteiger partial charge in [0.15, 0.2) is 0 Å². The maximum Gasteiger partial charge on any atom is 0.0594 e. The normalized spacial score (nSPS) is 14.1. The van der Waals surface area contributed by atoms with Crippen molar-refractivity contribution in [3.05, 3.63) is 0 Å². The summed E-state index contributed by atoms with van der Waals surface area (Å²) in [5.74, 6) is 1.34. The van der Waals surface area contributed by atoms with Crippen LogP contribution in [0.25, 0.3) is 0 Å². The average Bonchev–Trinajstić information content (AvgIpc) is 2.02. The fourth-order valence-electron chi connectivity index (χ4n) is 0.900. The summed E-state index contributed by atoms with van der Waals surface area (Å²) in [4.78, 5) is 0. The molecule has 0 aromatic rings. The maximum atomic E-state index is 5.62. The van der Waals surface area contributed by atoms with E-state index >= 15 is 0 Å². The average molecular weight is 187 g/mol. The van der Waals surface area contributed by atoms with Gasteiger partial charge in [0.05, 0.1) is 12.7 Å². The molecule has 80 valence electrons. The fraction of sp³-hybridized carbons (Fsp3) is 1.00. The number of rotatable bonds is 7. The Bertz CT molecular complexity index is 113. The first-order valence-electron chi connectivity index (χ1n) is 5.36. The van der Waals surface area contributed by atoms with Crippen LogP contribution in [0.3, 0.4) is 0 Å². The van der Waals surface area contributed by atoms with Crippen molar-refractivity contribution in [2.75, 3.05) is 19.7 Å². The molecule has 0 saturated carbocycles. The molecule has 0 heterocycles. The van der Waals surface area contributed by atoms with Gasteiger partial charge in [-0.25, -0.2) is 0 Å². The Morgan fingerprint density at radius 1 is 1.08 bits per heavy atom. The highest BCUT2D eigenvalue weighted by molar-refractivity contribution is 4.56. The van der Waals surface area contributed by atoms with Crippen LogP contribution in [0.1, 0.15) is 34.6 Å². The van der Waals surface area contributed by atoms with Gasteiger partial charge in [-0.3, -0.25) is 0 Å². The SMILES string of the molecule is CC(C)CNCCOC(C)C(C)C. The molecule has 0 aliphatic carbocycles. The molecule has 0 amide bonds. The van der Waals surface area contributed by atoms with Gasteiger partial charge in [0.1, 0.15) is 0 Å². The van der Waals surface area contributed by atoms with E-state index < -0.39 is 0 Å². The van der Waals surface area contributed by atoms with E-state index in [0.717, 1.165) is 25.6 Å². The van der Waals surface area contributed by atoms with Crippen LogP contribution in [-0.4, -0.2) is 25.8 Å². The summed E-state index contributed by atoms with van der Waals surface area (Å²) < 4.78 is 5.62. The van der Waals surface area contributed by atoms with Crippen LogP contribution in [-0.2, 0) is 4.74 Å². The van der Waals surface area contributed by atoms with Gasteiger partial charge in [-0.05, 0) is 25.3 Å². The highest BCUT2D eigenvalue weighted by Crippen LogP contribution is 2.03. The van der Waals surface area contributed by atoms with Gasteiger partial charge < -0.3 is 10.1 Å². The molecule has 13 heavy (non-hydrogen) atoms. The third-order valence-corrected chi connectivity index (χ3v) is 2.15. The summed E-state index contributed by atoms with van der Waals surface area (Å²) in [6, 6.07) is 0. The van der Waals surface area contributed by atoms with E-state index in [1.807, 2.05) is 0 Å². The second-order valence-corrected chi connectivity index (χ2v) is 4.42. The smallest absolute Gasteiger partial charge is 0.0594 e. The summed E-state index contributed by atoms with van der Waals surface area (Å²) in [7, 11) is 0. The topological polar surface area (TPSA) is 21.3 Å². The largest absolute Gasteiger partial charge is 0.377 e. The van der Waals surface area contributed by atoms with Crippen LogP contribution in [0.5, 0.6) is 0 Å². The Morgan fingerprint density at radius 2 is 1.69 bits per heavy atom. The molecule has 2 heteroatoms. The number of hydrogen-bond acceptors (Lipinski definition) is 2. The van der Waals surface area contributed by atoms with Gasteiger partial charge in [0, 0.05) is 6.54 Å². The lowest BCUT2D eigenvalue weighted by atomic mass is 10.1. The molecule has 1 N–H and O–H groups in total. The quantitative estimate of drug-likeness (QED) is 0.617. The number of hydrogen-bond donors (Lipinski definition) is 1. The van der Waals surface area contributed by atoms with E-state index in [-0.39, 0.29) is 0 Å². The van der Waals surface area contributed by atoms with E-state index in [1.54, 1.807) is 0 Å². The van der Waals surface area contributed by atoms with Gasteiger partial charge in [-0.1, -0.05) is 27.7 Å². The molecule has 0 aromatic heterocycles. The second-order valence-electron chi connectivity index (χ2n) is 4.42. The summed E-state index contributed by atoms with van der Waals surface area (Å²) in [5.41, 5.74) is 0. The van der Waals surface area contributed by atoms with Gasteiger partial charge >= 0.3 is 0 Å². The number of ether oxygens (including phenoxy) is 1. The van der Waals surface area contributed by atoms with Crippen molar-refractivity contribution in [1.29, 1.82) is 0 Å². The van der Waals surface area contributed by atoms with Crippen molar-refractivity contribution in [3.63, 3.8) is 0 Å². The third-order valence-electron chi connectivity index (χ3n) is 2.15. The first-order chi connectivity index (χ1) is 6.04. The van der Waals surface area contributed by atoms with Crippen LogP contribution in [0.4, 0.5) is 0 Å². The summed E-state index contributed by atoms with van der Waals surface area (Å²) >= 11 is 0. The van der Waals surface area contributed by atoms with Crippen molar-refractivity contribution in [2.24, 2.45) is 11.8 Å². The van der Waals surface area contributed by atoms with Crippen molar-refractivity contribution in [1.82, 2.24) is 5.32 Å². The third kappa shape index (κ3) is 8.26. The lowest BCUT2D eigenvalue weighted by molar-refractivity contribution is 0.0372. The zero-order valence-corrected chi connectivity index (χ0v) is 9.76. The van der Waals surface area contributed by atoms with E-state index in [4.69, 9.17) is 4.74 Å². The summed E-state index contributed by atoms with van der Waals surface area (Å²) in [6.07, 6.45) is 0.376. The predicted octanol–water partition coefficient (Wildman–Crippen LogP) is 2.29. The van der Waals surface area contributed by atoms with Gasteiger partial charge in [-0.15, -0.1) is 0 Å². The molecule has 1 atom stereocenters. The number of nitrogens with one attached hydrogen (secondary N) is 1. The van der Waals surface area contributed by atoms with Crippen molar-refractivity contribution >= 4 is 0 Å². The van der Waals surface area contributed by atoms with Crippen LogP contribution in [0.2, 0.25) is 0 Å². The molecular weight excluding hydrogens is 162 g/mol. The zero-order valence-electron chi connectivity index (χ0n) is 9.76. The lowest BCUT2D eigenvalue weighted by Gasteiger charge is -2.16. The summed E-state index contributed by atoms with van der Waals surface area (Å²) in [6.45, 7) is 13.8. The maximum absolute atomic E-state index is 5.62. The Kier molecular flexibility index (Phi) is 7.29. The minimum Gasteiger partial charge on any atom is -0.377 e. The van der Waals surface area contributed by atoms with Gasteiger partial charge in [0.2, 0.25) is 0 Å². The van der Waals surface area contributed by atoms with Gasteiger partial charge in [-0.2, -0.15) is 0 Å². The van der Waals surface area contributed by atoms with E-state index in [2.05, 4.69) is 39.9 Å². The highest BCUT2D eigenvalue weighted by Gasteiger charge is 2.05. The molecule has 0 spiro atoms. The highest BCUT2D eigenvalue weighted by atomic mass is 16.5. The van der Waals surface area contributed by atoms with Crippen LogP contribution in [0, 0.1) is 11.8 Å². The molecule has 0 radical (unpaired) electrons. The fourth-order valence-corrected chi connectivity index (χ4v) is 0.900. The molecule has 0 aliphatic rings. The van der Waals surface area contributed by atoms with Crippen molar-refractivity contribution in [3.8, 4) is 0 Å². The minimum atomic E-state index is 0.376. The Balaban J connectivity index is 3.16. The molecule has 0 saturated heterocycles. The predicted molar refractivity (Wildman–Crippen MR) is 58.0 cm³/mol. The standard InChI is InChI=1S/C11H25NO/c1-9(2)8-12-6-7-13-11(5)10(3)4/h9-12H,6-8H2,1-5H3. The van der Waals surface area contributed by atoms with Crippen LogP contribution in [0.15, 0.2) is 0 Å². The summed E-state index contributed by atoms with van der Waals surface area (Å²) in [5, 5.41) is 3.35.